The molecule has 0 radical (unpaired) electrons. The first-order valence-electron chi connectivity index (χ1n) is 5.11. The fourth-order valence-electron chi connectivity index (χ4n) is 1.35. The van der Waals surface area contributed by atoms with E-state index in [1.54, 1.807) is 6.92 Å². The average Bonchev–Trinajstić information content (AvgIpc) is 2.09. The summed E-state index contributed by atoms with van der Waals surface area (Å²) in [5, 5.41) is -1.14. The Morgan fingerprint density at radius 2 is 1.86 bits per heavy atom. The summed E-state index contributed by atoms with van der Waals surface area (Å²) in [6.45, 7) is 3.87. The van der Waals surface area contributed by atoms with E-state index in [4.69, 9.17) is 10.3 Å². The van der Waals surface area contributed by atoms with Crippen LogP contribution in [0.1, 0.15) is 46.0 Å². The van der Waals surface area contributed by atoms with Crippen molar-refractivity contribution in [3.05, 3.63) is 0 Å². The van der Waals surface area contributed by atoms with E-state index in [1.165, 1.54) is 0 Å². The molecular weight excluding hydrogens is 202 g/mol. The number of nitrogens with two attached hydrogens (primary N) is 1. The van der Waals surface area contributed by atoms with E-state index >= 15 is 0 Å². The summed E-state index contributed by atoms with van der Waals surface area (Å²) in [7, 11) is -4.07. The van der Waals surface area contributed by atoms with Crippen LogP contribution >= 0.6 is 0 Å². The lowest BCUT2D eigenvalue weighted by Crippen LogP contribution is -2.36. The summed E-state index contributed by atoms with van der Waals surface area (Å²) in [5.74, 6) is -0.179. The predicted molar refractivity (Wildman–Crippen MR) is 57.4 cm³/mol. The Labute approximate surface area is 86.6 Å². The van der Waals surface area contributed by atoms with Crippen LogP contribution in [0.25, 0.3) is 0 Å². The van der Waals surface area contributed by atoms with Crippen molar-refractivity contribution in [3.8, 4) is 0 Å². The van der Waals surface area contributed by atoms with Crippen molar-refractivity contribution in [1.82, 2.24) is 0 Å². The van der Waals surface area contributed by atoms with Gasteiger partial charge in [0, 0.05) is 0 Å². The van der Waals surface area contributed by atoms with Gasteiger partial charge >= 0.3 is 0 Å². The van der Waals surface area contributed by atoms with Gasteiger partial charge in [-0.05, 0) is 12.3 Å². The van der Waals surface area contributed by atoms with Crippen LogP contribution < -0.4 is 5.73 Å². The first kappa shape index (κ1) is 13.9. The Kier molecular flexibility index (Phi) is 6.31. The molecule has 14 heavy (non-hydrogen) atoms. The topological polar surface area (TPSA) is 80.4 Å². The zero-order chi connectivity index (χ0) is 11.2. The molecule has 0 rings (SSSR count). The highest BCUT2D eigenvalue weighted by atomic mass is 32.2. The van der Waals surface area contributed by atoms with E-state index < -0.39 is 15.5 Å². The van der Waals surface area contributed by atoms with E-state index in [0.29, 0.717) is 0 Å². The van der Waals surface area contributed by atoms with Gasteiger partial charge in [-0.2, -0.15) is 8.42 Å². The first-order chi connectivity index (χ1) is 6.39. The molecule has 0 bridgehead atoms. The Morgan fingerprint density at radius 1 is 1.29 bits per heavy atom. The highest BCUT2D eigenvalue weighted by Crippen LogP contribution is 2.15. The molecule has 3 N–H and O–H groups in total. The molecule has 0 aromatic carbocycles. The summed E-state index contributed by atoms with van der Waals surface area (Å²) in [6.07, 6.45) is 5.13. The maximum atomic E-state index is 10.7. The minimum atomic E-state index is -4.07. The van der Waals surface area contributed by atoms with Crippen molar-refractivity contribution in [2.24, 2.45) is 11.7 Å². The fourth-order valence-corrected chi connectivity index (χ4v) is 2.07. The van der Waals surface area contributed by atoms with Gasteiger partial charge in [0.05, 0.1) is 0 Å². The second-order valence-electron chi connectivity index (χ2n) is 3.81. The molecule has 0 aliphatic rings. The molecule has 5 heteroatoms. The zero-order valence-electron chi connectivity index (χ0n) is 8.94. The van der Waals surface area contributed by atoms with E-state index in [9.17, 15) is 8.42 Å². The predicted octanol–water partition coefficient (Wildman–Crippen LogP) is 1.77. The van der Waals surface area contributed by atoms with Gasteiger partial charge in [0.1, 0.15) is 5.37 Å². The highest BCUT2D eigenvalue weighted by molar-refractivity contribution is 7.86. The molecule has 0 aromatic heterocycles. The molecule has 2 atom stereocenters. The number of hydrogen-bond acceptors (Lipinski definition) is 3. The van der Waals surface area contributed by atoms with Gasteiger partial charge in [-0.15, -0.1) is 0 Å². The van der Waals surface area contributed by atoms with Gasteiger partial charge in [-0.25, -0.2) is 0 Å². The van der Waals surface area contributed by atoms with Crippen molar-refractivity contribution in [3.63, 3.8) is 0 Å². The molecule has 86 valence electrons. The molecule has 0 heterocycles. The third kappa shape index (κ3) is 5.57. The van der Waals surface area contributed by atoms with Crippen LogP contribution in [0.15, 0.2) is 0 Å². The molecule has 0 saturated heterocycles. The van der Waals surface area contributed by atoms with Crippen LogP contribution in [0.3, 0.4) is 0 Å². The summed E-state index contributed by atoms with van der Waals surface area (Å²) >= 11 is 0. The second kappa shape index (κ2) is 6.37. The molecule has 0 spiro atoms. The minimum Gasteiger partial charge on any atom is -0.313 e. The lowest BCUT2D eigenvalue weighted by atomic mass is 10.0. The number of rotatable bonds is 7. The zero-order valence-corrected chi connectivity index (χ0v) is 9.76. The molecule has 0 aliphatic heterocycles. The van der Waals surface area contributed by atoms with Crippen molar-refractivity contribution in [1.29, 1.82) is 0 Å². The second-order valence-corrected chi connectivity index (χ2v) is 5.38. The smallest absolute Gasteiger partial charge is 0.281 e. The monoisotopic (exact) mass is 223 g/mol. The highest BCUT2D eigenvalue weighted by Gasteiger charge is 2.24. The first-order valence-corrected chi connectivity index (χ1v) is 6.61. The van der Waals surface area contributed by atoms with Gasteiger partial charge in [-0.1, -0.05) is 39.5 Å². The molecule has 0 aliphatic carbocycles. The molecule has 2 unspecified atom stereocenters. The van der Waals surface area contributed by atoms with Gasteiger partial charge in [0.25, 0.3) is 10.1 Å². The quantitative estimate of drug-likeness (QED) is 0.509. The van der Waals surface area contributed by atoms with Crippen molar-refractivity contribution < 1.29 is 13.0 Å². The van der Waals surface area contributed by atoms with Gasteiger partial charge in [-0.3, -0.25) is 4.55 Å². The summed E-state index contributed by atoms with van der Waals surface area (Å²) in [4.78, 5) is 0. The number of hydrogen-bond donors (Lipinski definition) is 2. The molecule has 0 aromatic rings. The van der Waals surface area contributed by atoms with Crippen LogP contribution in [-0.2, 0) is 10.1 Å². The molecule has 0 fully saturated rings. The van der Waals surface area contributed by atoms with Crippen LogP contribution in [0.5, 0.6) is 0 Å². The van der Waals surface area contributed by atoms with Crippen molar-refractivity contribution >= 4 is 10.1 Å². The Balaban J connectivity index is 3.79. The maximum Gasteiger partial charge on any atom is 0.281 e. The SMILES string of the molecule is CCCCCCC(C)C(N)S(=O)(=O)O. The van der Waals surface area contributed by atoms with Gasteiger partial charge in [0.15, 0.2) is 0 Å². The normalized spacial score (nSPS) is 16.6. The molecular formula is C9H21NO3S. The Morgan fingerprint density at radius 3 is 2.29 bits per heavy atom. The van der Waals surface area contributed by atoms with Crippen molar-refractivity contribution in [2.45, 2.75) is 51.3 Å². The largest absolute Gasteiger partial charge is 0.313 e. The summed E-state index contributed by atoms with van der Waals surface area (Å²) in [5.41, 5.74) is 5.37. The van der Waals surface area contributed by atoms with Gasteiger partial charge < -0.3 is 5.73 Å². The lowest BCUT2D eigenvalue weighted by molar-refractivity contribution is 0.412. The number of unbranched alkanes of at least 4 members (excludes halogenated alkanes) is 3. The van der Waals surface area contributed by atoms with Gasteiger partial charge in [0.2, 0.25) is 0 Å². The third-order valence-corrected chi connectivity index (χ3v) is 3.57. The third-order valence-electron chi connectivity index (χ3n) is 2.42. The Hall–Kier alpha value is -0.130. The van der Waals surface area contributed by atoms with Crippen LogP contribution in [-0.4, -0.2) is 18.3 Å². The van der Waals surface area contributed by atoms with E-state index in [0.717, 1.165) is 32.1 Å². The van der Waals surface area contributed by atoms with Crippen LogP contribution in [0.4, 0.5) is 0 Å². The standard InChI is InChI=1S/C9H21NO3S/c1-3-4-5-6-7-8(2)9(10)14(11,12)13/h8-9H,3-7,10H2,1-2H3,(H,11,12,13). The average molecular weight is 223 g/mol. The maximum absolute atomic E-state index is 10.7. The molecule has 4 nitrogen and oxygen atoms in total. The Bertz CT molecular complexity index is 238. The molecule has 0 saturated carbocycles. The molecule has 0 amide bonds. The summed E-state index contributed by atoms with van der Waals surface area (Å²) in [6, 6.07) is 0. The summed E-state index contributed by atoms with van der Waals surface area (Å²) < 4.78 is 30.1. The van der Waals surface area contributed by atoms with E-state index in [-0.39, 0.29) is 5.92 Å². The lowest BCUT2D eigenvalue weighted by Gasteiger charge is -2.16. The fraction of sp³-hybridized carbons (Fsp3) is 1.00. The van der Waals surface area contributed by atoms with Crippen molar-refractivity contribution in [2.75, 3.05) is 0 Å². The van der Waals surface area contributed by atoms with Crippen LogP contribution in [0, 0.1) is 5.92 Å². The van der Waals surface area contributed by atoms with E-state index in [1.807, 2.05) is 0 Å². The minimum absolute atomic E-state index is 0.179. The van der Waals surface area contributed by atoms with Crippen LogP contribution in [0.2, 0.25) is 0 Å². The van der Waals surface area contributed by atoms with E-state index in [2.05, 4.69) is 6.92 Å².